The van der Waals surface area contributed by atoms with E-state index in [9.17, 15) is 23.1 Å². The van der Waals surface area contributed by atoms with Gasteiger partial charge in [-0.25, -0.2) is 0 Å². The van der Waals surface area contributed by atoms with Crippen LogP contribution >= 0.6 is 12.2 Å². The molecule has 8 heteroatoms. The zero-order valence-electron chi connectivity index (χ0n) is 11.7. The standard InChI is InChI=1S/C15H13F3N2O2S/c16-15(17,18)11-6-2-1-4-9(11)12(21)8-20-13(22)10-5-3-7-19-14(10)23/h1-7,12,21H,8H2,(H,19,23)(H,20,22)/t12-/m0/s1. The number of nitrogens with one attached hydrogen (secondary N) is 2. The van der Waals surface area contributed by atoms with E-state index in [0.717, 1.165) is 6.07 Å². The zero-order valence-corrected chi connectivity index (χ0v) is 12.5. The lowest BCUT2D eigenvalue weighted by Crippen LogP contribution is -2.29. The van der Waals surface area contributed by atoms with Crippen LogP contribution in [-0.4, -0.2) is 22.5 Å². The molecule has 122 valence electrons. The van der Waals surface area contributed by atoms with Crippen molar-refractivity contribution in [2.24, 2.45) is 0 Å². The van der Waals surface area contributed by atoms with E-state index in [2.05, 4.69) is 10.3 Å². The summed E-state index contributed by atoms with van der Waals surface area (Å²) in [5, 5.41) is 12.4. The summed E-state index contributed by atoms with van der Waals surface area (Å²) in [5.74, 6) is -0.574. The lowest BCUT2D eigenvalue weighted by atomic mass is 10.0. The van der Waals surface area contributed by atoms with Crippen LogP contribution in [0.1, 0.15) is 27.6 Å². The maximum atomic E-state index is 12.9. The van der Waals surface area contributed by atoms with Crippen molar-refractivity contribution in [3.05, 3.63) is 63.9 Å². The monoisotopic (exact) mass is 342 g/mol. The number of aromatic amines is 1. The van der Waals surface area contributed by atoms with E-state index in [4.69, 9.17) is 12.2 Å². The molecular formula is C15H13F3N2O2S. The second-order valence-corrected chi connectivity index (χ2v) is 5.13. The van der Waals surface area contributed by atoms with Crippen molar-refractivity contribution in [3.63, 3.8) is 0 Å². The molecule has 1 amide bonds. The molecule has 2 rings (SSSR count). The molecule has 3 N–H and O–H groups in total. The lowest BCUT2D eigenvalue weighted by molar-refractivity contribution is -0.139. The number of aliphatic hydroxyl groups is 1. The quantitative estimate of drug-likeness (QED) is 0.748. The number of hydrogen-bond acceptors (Lipinski definition) is 3. The van der Waals surface area contributed by atoms with E-state index in [1.807, 2.05) is 0 Å². The molecule has 0 saturated carbocycles. The number of aliphatic hydroxyl groups excluding tert-OH is 1. The van der Waals surface area contributed by atoms with Crippen molar-refractivity contribution in [1.82, 2.24) is 10.3 Å². The fraction of sp³-hybridized carbons (Fsp3) is 0.200. The highest BCUT2D eigenvalue weighted by Crippen LogP contribution is 2.34. The van der Waals surface area contributed by atoms with Gasteiger partial charge in [-0.2, -0.15) is 13.2 Å². The van der Waals surface area contributed by atoms with Gasteiger partial charge in [-0.3, -0.25) is 4.79 Å². The van der Waals surface area contributed by atoms with Gasteiger partial charge in [0.25, 0.3) is 5.91 Å². The van der Waals surface area contributed by atoms with Crippen LogP contribution in [-0.2, 0) is 6.18 Å². The average Bonchev–Trinajstić information content (AvgIpc) is 2.52. The molecule has 23 heavy (non-hydrogen) atoms. The van der Waals surface area contributed by atoms with Gasteiger partial charge in [0.1, 0.15) is 4.64 Å². The molecule has 4 nitrogen and oxygen atoms in total. The number of benzene rings is 1. The molecule has 1 aromatic heterocycles. The van der Waals surface area contributed by atoms with Gasteiger partial charge in [-0.05, 0) is 23.8 Å². The number of alkyl halides is 3. The number of carbonyl (C=O) groups excluding carboxylic acids is 1. The molecule has 0 saturated heterocycles. The molecule has 1 aromatic carbocycles. The van der Waals surface area contributed by atoms with Crippen molar-refractivity contribution >= 4 is 18.1 Å². The summed E-state index contributed by atoms with van der Waals surface area (Å²) >= 11 is 4.94. The van der Waals surface area contributed by atoms with Crippen LogP contribution in [0.5, 0.6) is 0 Å². The Bertz CT molecular complexity index is 759. The van der Waals surface area contributed by atoms with Crippen LogP contribution in [0.2, 0.25) is 0 Å². The molecule has 0 spiro atoms. The second-order valence-electron chi connectivity index (χ2n) is 4.72. The largest absolute Gasteiger partial charge is 0.416 e. The Kier molecular flexibility index (Phi) is 5.17. The minimum Gasteiger partial charge on any atom is -0.387 e. The average molecular weight is 342 g/mol. The minimum atomic E-state index is -4.58. The summed E-state index contributed by atoms with van der Waals surface area (Å²) < 4.78 is 38.9. The molecule has 0 radical (unpaired) electrons. The molecule has 0 fully saturated rings. The van der Waals surface area contributed by atoms with Crippen molar-refractivity contribution in [2.45, 2.75) is 12.3 Å². The van der Waals surface area contributed by atoms with Gasteiger partial charge in [0.2, 0.25) is 0 Å². The number of hydrogen-bond donors (Lipinski definition) is 3. The smallest absolute Gasteiger partial charge is 0.387 e. The number of aromatic nitrogens is 1. The van der Waals surface area contributed by atoms with Gasteiger partial charge in [-0.15, -0.1) is 0 Å². The fourth-order valence-electron chi connectivity index (χ4n) is 2.04. The predicted molar refractivity (Wildman–Crippen MR) is 80.4 cm³/mol. The number of carbonyl (C=O) groups is 1. The van der Waals surface area contributed by atoms with E-state index >= 15 is 0 Å². The summed E-state index contributed by atoms with van der Waals surface area (Å²) in [5.41, 5.74) is -1.05. The van der Waals surface area contributed by atoms with Crippen LogP contribution in [0.3, 0.4) is 0 Å². The topological polar surface area (TPSA) is 65.1 Å². The Morgan fingerprint density at radius 2 is 1.96 bits per heavy atom. The van der Waals surface area contributed by atoms with Gasteiger partial charge in [-0.1, -0.05) is 30.4 Å². The summed E-state index contributed by atoms with van der Waals surface area (Å²) in [6.07, 6.45) is -4.52. The molecule has 0 aliphatic rings. The highest BCUT2D eigenvalue weighted by atomic mass is 32.1. The first-order chi connectivity index (χ1) is 10.8. The molecule has 2 aromatic rings. The summed E-state index contributed by atoms with van der Waals surface area (Å²) in [7, 11) is 0. The number of amides is 1. The Balaban J connectivity index is 2.12. The second kappa shape index (κ2) is 6.93. The van der Waals surface area contributed by atoms with Gasteiger partial charge in [0.15, 0.2) is 0 Å². The first-order valence-corrected chi connectivity index (χ1v) is 7.01. The third-order valence-corrected chi connectivity index (χ3v) is 3.48. The summed E-state index contributed by atoms with van der Waals surface area (Å²) in [6.45, 7) is -0.365. The van der Waals surface area contributed by atoms with Crippen LogP contribution < -0.4 is 5.32 Å². The van der Waals surface area contributed by atoms with Gasteiger partial charge >= 0.3 is 6.18 Å². The molecule has 1 atom stereocenters. The fourth-order valence-corrected chi connectivity index (χ4v) is 2.27. The first kappa shape index (κ1) is 17.2. The molecule has 0 bridgehead atoms. The maximum Gasteiger partial charge on any atom is 0.416 e. The molecule has 1 heterocycles. The van der Waals surface area contributed by atoms with E-state index in [1.54, 1.807) is 12.3 Å². The molecular weight excluding hydrogens is 329 g/mol. The van der Waals surface area contributed by atoms with Crippen LogP contribution in [0, 0.1) is 4.64 Å². The van der Waals surface area contributed by atoms with Crippen LogP contribution in [0.15, 0.2) is 42.6 Å². The van der Waals surface area contributed by atoms with E-state index in [0.29, 0.717) is 0 Å². The van der Waals surface area contributed by atoms with E-state index in [-0.39, 0.29) is 22.3 Å². The third-order valence-electron chi connectivity index (χ3n) is 3.14. The van der Waals surface area contributed by atoms with E-state index < -0.39 is 23.8 Å². The molecule has 0 aliphatic heterocycles. The number of halogens is 3. The van der Waals surface area contributed by atoms with Crippen LogP contribution in [0.4, 0.5) is 13.2 Å². The Morgan fingerprint density at radius 3 is 2.61 bits per heavy atom. The Hall–Kier alpha value is -2.19. The Morgan fingerprint density at radius 1 is 1.26 bits per heavy atom. The lowest BCUT2D eigenvalue weighted by Gasteiger charge is -2.17. The van der Waals surface area contributed by atoms with E-state index in [1.165, 1.54) is 24.3 Å². The number of pyridine rings is 1. The van der Waals surface area contributed by atoms with Crippen LogP contribution in [0.25, 0.3) is 0 Å². The van der Waals surface area contributed by atoms with Gasteiger partial charge in [0, 0.05) is 12.7 Å². The van der Waals surface area contributed by atoms with Crippen molar-refractivity contribution in [3.8, 4) is 0 Å². The highest BCUT2D eigenvalue weighted by molar-refractivity contribution is 7.71. The Labute approximate surface area is 135 Å². The summed E-state index contributed by atoms with van der Waals surface area (Å²) in [4.78, 5) is 14.6. The highest BCUT2D eigenvalue weighted by Gasteiger charge is 2.34. The molecule has 0 aliphatic carbocycles. The van der Waals surface area contributed by atoms with Gasteiger partial charge in [0.05, 0.1) is 17.2 Å². The van der Waals surface area contributed by atoms with Crippen molar-refractivity contribution in [2.75, 3.05) is 6.54 Å². The predicted octanol–water partition coefficient (Wildman–Crippen LogP) is 3.23. The SMILES string of the molecule is O=C(NC[C@H](O)c1ccccc1C(F)(F)F)c1ccc[nH]c1=S. The minimum absolute atomic E-state index is 0.179. The number of H-pyrrole nitrogens is 1. The van der Waals surface area contributed by atoms with Gasteiger partial charge < -0.3 is 15.4 Å². The van der Waals surface area contributed by atoms with Crippen molar-refractivity contribution in [1.29, 1.82) is 0 Å². The maximum absolute atomic E-state index is 12.9. The van der Waals surface area contributed by atoms with Crippen molar-refractivity contribution < 1.29 is 23.1 Å². The molecule has 0 unspecified atom stereocenters. The zero-order chi connectivity index (χ0) is 17.0. The normalized spacial score (nSPS) is 12.7. The third kappa shape index (κ3) is 4.17. The summed E-state index contributed by atoms with van der Waals surface area (Å²) in [6, 6.07) is 7.73. The number of rotatable bonds is 4. The first-order valence-electron chi connectivity index (χ1n) is 6.61.